The fourth-order valence-electron chi connectivity index (χ4n) is 1.77. The third kappa shape index (κ3) is 3.98. The minimum Gasteiger partial charge on any atom is -0.497 e. The molecule has 1 N–H and O–H groups in total. The van der Waals surface area contributed by atoms with E-state index in [0.29, 0.717) is 6.42 Å². The van der Waals surface area contributed by atoms with Crippen molar-refractivity contribution < 1.29 is 14.3 Å². The molecule has 94 valence electrons. The van der Waals surface area contributed by atoms with Gasteiger partial charge in [-0.05, 0) is 37.1 Å². The third-order valence-corrected chi connectivity index (χ3v) is 2.46. The van der Waals surface area contributed by atoms with Gasteiger partial charge in [-0.1, -0.05) is 0 Å². The van der Waals surface area contributed by atoms with Gasteiger partial charge in [-0.15, -0.1) is 0 Å². The average Bonchev–Trinajstić information content (AvgIpc) is 2.27. The Kier molecular flexibility index (Phi) is 4.82. The van der Waals surface area contributed by atoms with Crippen molar-refractivity contribution in [2.45, 2.75) is 26.3 Å². The van der Waals surface area contributed by atoms with Gasteiger partial charge in [0.25, 0.3) is 0 Å². The number of hydrogen-bond donors (Lipinski definition) is 1. The summed E-state index contributed by atoms with van der Waals surface area (Å²) in [5, 5.41) is 2.84. The molecule has 0 saturated carbocycles. The highest BCUT2D eigenvalue weighted by atomic mass is 16.5. The Bertz CT molecular complexity index is 390. The molecule has 1 unspecified atom stereocenters. The van der Waals surface area contributed by atoms with Gasteiger partial charge in [0.15, 0.2) is 0 Å². The summed E-state index contributed by atoms with van der Waals surface area (Å²) in [4.78, 5) is 11.0. The molecule has 0 aliphatic heterocycles. The lowest BCUT2D eigenvalue weighted by atomic mass is 10.1. The van der Waals surface area contributed by atoms with E-state index in [4.69, 9.17) is 9.47 Å². The molecule has 0 aromatic heterocycles. The van der Waals surface area contributed by atoms with Crippen LogP contribution in [0.3, 0.4) is 0 Å². The molecule has 0 bridgehead atoms. The molecule has 0 aliphatic carbocycles. The summed E-state index contributed by atoms with van der Waals surface area (Å²) in [6, 6.07) is 5.71. The van der Waals surface area contributed by atoms with E-state index in [0.717, 1.165) is 17.1 Å². The second kappa shape index (κ2) is 6.13. The van der Waals surface area contributed by atoms with E-state index in [9.17, 15) is 4.79 Å². The number of carbonyl (C=O) groups is 1. The van der Waals surface area contributed by atoms with Crippen molar-refractivity contribution in [3.63, 3.8) is 0 Å². The number of rotatable bonds is 5. The molecule has 0 fully saturated rings. The predicted octanol–water partition coefficient (Wildman–Crippen LogP) is 1.77. The fourth-order valence-corrected chi connectivity index (χ4v) is 1.77. The molecule has 1 amide bonds. The predicted molar refractivity (Wildman–Crippen MR) is 66.5 cm³/mol. The normalized spacial score (nSPS) is 11.8. The van der Waals surface area contributed by atoms with Crippen molar-refractivity contribution in [3.05, 3.63) is 23.8 Å². The summed E-state index contributed by atoms with van der Waals surface area (Å²) >= 11 is 0. The number of hydrogen-bond acceptors (Lipinski definition) is 3. The van der Waals surface area contributed by atoms with Crippen LogP contribution in [0.4, 0.5) is 0 Å². The molecule has 1 aromatic carbocycles. The first-order valence-corrected chi connectivity index (χ1v) is 5.54. The average molecular weight is 237 g/mol. The Hall–Kier alpha value is -1.71. The monoisotopic (exact) mass is 237 g/mol. The van der Waals surface area contributed by atoms with Crippen molar-refractivity contribution in [2.24, 2.45) is 0 Å². The quantitative estimate of drug-likeness (QED) is 0.849. The fraction of sp³-hybridized carbons (Fsp3) is 0.462. The van der Waals surface area contributed by atoms with E-state index in [2.05, 4.69) is 5.32 Å². The van der Waals surface area contributed by atoms with Gasteiger partial charge in [0.05, 0.1) is 14.2 Å². The number of carbonyl (C=O) groups excluding carboxylic acids is 1. The Labute approximate surface area is 102 Å². The minimum atomic E-state index is -0.0284. The van der Waals surface area contributed by atoms with E-state index in [1.54, 1.807) is 14.2 Å². The molecule has 0 aliphatic rings. The van der Waals surface area contributed by atoms with Crippen LogP contribution in [0, 0.1) is 0 Å². The highest BCUT2D eigenvalue weighted by Crippen LogP contribution is 2.25. The zero-order chi connectivity index (χ0) is 12.8. The van der Waals surface area contributed by atoms with E-state index < -0.39 is 0 Å². The molecular weight excluding hydrogens is 218 g/mol. The van der Waals surface area contributed by atoms with Crippen molar-refractivity contribution in [1.82, 2.24) is 5.32 Å². The van der Waals surface area contributed by atoms with Crippen LogP contribution < -0.4 is 14.8 Å². The summed E-state index contributed by atoms with van der Waals surface area (Å²) < 4.78 is 10.5. The summed E-state index contributed by atoms with van der Waals surface area (Å²) in [5.41, 5.74) is 1.02. The third-order valence-electron chi connectivity index (χ3n) is 2.46. The van der Waals surface area contributed by atoms with Crippen LogP contribution in [-0.4, -0.2) is 26.2 Å². The van der Waals surface area contributed by atoms with Gasteiger partial charge >= 0.3 is 0 Å². The van der Waals surface area contributed by atoms with E-state index in [1.807, 2.05) is 25.1 Å². The topological polar surface area (TPSA) is 47.6 Å². The minimum absolute atomic E-state index is 0.0284. The van der Waals surface area contributed by atoms with Crippen LogP contribution in [0.5, 0.6) is 11.5 Å². The van der Waals surface area contributed by atoms with Gasteiger partial charge in [-0.25, -0.2) is 0 Å². The van der Waals surface area contributed by atoms with Crippen LogP contribution in [0.25, 0.3) is 0 Å². The molecule has 4 heteroatoms. The van der Waals surface area contributed by atoms with Gasteiger partial charge in [-0.2, -0.15) is 0 Å². The van der Waals surface area contributed by atoms with E-state index in [1.165, 1.54) is 6.92 Å². The van der Waals surface area contributed by atoms with Crippen LogP contribution in [0.1, 0.15) is 19.4 Å². The Morgan fingerprint density at radius 3 is 2.59 bits per heavy atom. The molecule has 1 atom stereocenters. The van der Waals surface area contributed by atoms with E-state index >= 15 is 0 Å². The maximum Gasteiger partial charge on any atom is 0.217 e. The maximum absolute atomic E-state index is 11.0. The van der Waals surface area contributed by atoms with Gasteiger partial charge in [0, 0.05) is 13.0 Å². The summed E-state index contributed by atoms with van der Waals surface area (Å²) in [6.45, 7) is 3.47. The smallest absolute Gasteiger partial charge is 0.217 e. The van der Waals surface area contributed by atoms with Gasteiger partial charge in [-0.3, -0.25) is 4.79 Å². The number of ether oxygens (including phenoxy) is 2. The maximum atomic E-state index is 11.0. The lowest BCUT2D eigenvalue weighted by molar-refractivity contribution is -0.119. The van der Waals surface area contributed by atoms with Crippen LogP contribution in [0.2, 0.25) is 0 Å². The van der Waals surface area contributed by atoms with Crippen molar-refractivity contribution in [3.8, 4) is 11.5 Å². The molecule has 0 radical (unpaired) electrons. The number of nitrogens with one attached hydrogen (secondary N) is 1. The standard InChI is InChI=1S/C13H19NO3/c1-9(14-10(2)15)7-11-8-12(16-3)5-6-13(11)17-4/h5-6,8-9H,7H2,1-4H3,(H,14,15). The molecule has 0 heterocycles. The van der Waals surface area contributed by atoms with Crippen LogP contribution in [0.15, 0.2) is 18.2 Å². The first kappa shape index (κ1) is 13.4. The number of methoxy groups -OCH3 is 2. The molecule has 1 aromatic rings. The molecule has 0 saturated heterocycles. The molecule has 1 rings (SSSR count). The van der Waals surface area contributed by atoms with Crippen LogP contribution in [-0.2, 0) is 11.2 Å². The zero-order valence-corrected chi connectivity index (χ0v) is 10.7. The SMILES string of the molecule is COc1ccc(OC)c(CC(C)NC(C)=O)c1. The lowest BCUT2D eigenvalue weighted by Crippen LogP contribution is -2.32. The summed E-state index contributed by atoms with van der Waals surface area (Å²) in [6.07, 6.45) is 0.708. The number of benzene rings is 1. The van der Waals surface area contributed by atoms with E-state index in [-0.39, 0.29) is 11.9 Å². The van der Waals surface area contributed by atoms with Crippen molar-refractivity contribution in [1.29, 1.82) is 0 Å². The highest BCUT2D eigenvalue weighted by Gasteiger charge is 2.10. The largest absolute Gasteiger partial charge is 0.497 e. The highest BCUT2D eigenvalue weighted by molar-refractivity contribution is 5.73. The lowest BCUT2D eigenvalue weighted by Gasteiger charge is -2.15. The number of amides is 1. The first-order valence-electron chi connectivity index (χ1n) is 5.54. The van der Waals surface area contributed by atoms with Gasteiger partial charge in [0.1, 0.15) is 11.5 Å². The zero-order valence-electron chi connectivity index (χ0n) is 10.7. The first-order chi connectivity index (χ1) is 8.06. The Morgan fingerprint density at radius 1 is 1.35 bits per heavy atom. The van der Waals surface area contributed by atoms with Crippen molar-refractivity contribution >= 4 is 5.91 Å². The Morgan fingerprint density at radius 2 is 2.06 bits per heavy atom. The molecule has 0 spiro atoms. The Balaban J connectivity index is 2.83. The second-order valence-corrected chi connectivity index (χ2v) is 3.98. The van der Waals surface area contributed by atoms with Gasteiger partial charge in [0.2, 0.25) is 5.91 Å². The molecular formula is C13H19NO3. The molecule has 17 heavy (non-hydrogen) atoms. The summed E-state index contributed by atoms with van der Waals surface area (Å²) in [5.74, 6) is 1.57. The van der Waals surface area contributed by atoms with Crippen LogP contribution >= 0.6 is 0 Å². The molecule has 4 nitrogen and oxygen atoms in total. The van der Waals surface area contributed by atoms with Gasteiger partial charge < -0.3 is 14.8 Å². The second-order valence-electron chi connectivity index (χ2n) is 3.98. The van der Waals surface area contributed by atoms with Crippen molar-refractivity contribution in [2.75, 3.05) is 14.2 Å². The summed E-state index contributed by atoms with van der Waals surface area (Å²) in [7, 11) is 3.26.